The van der Waals surface area contributed by atoms with Crippen molar-refractivity contribution >= 4 is 22.8 Å². The third-order valence-corrected chi connectivity index (χ3v) is 4.75. The Kier molecular flexibility index (Phi) is 7.02. The summed E-state index contributed by atoms with van der Waals surface area (Å²) in [6, 6.07) is 10.2. The van der Waals surface area contributed by atoms with Gasteiger partial charge in [-0.2, -0.15) is 5.10 Å². The predicted molar refractivity (Wildman–Crippen MR) is 119 cm³/mol. The summed E-state index contributed by atoms with van der Waals surface area (Å²) in [7, 11) is 2.05. The third-order valence-electron chi connectivity index (χ3n) is 4.75. The van der Waals surface area contributed by atoms with Gasteiger partial charge in [0.2, 0.25) is 0 Å². The SMILES string of the molecule is CCOC(=O)Nc1cc(-c2cccc(CN(C)CCN)c2)nc2c1cnn2C(C)C. The van der Waals surface area contributed by atoms with Crippen molar-refractivity contribution in [2.45, 2.75) is 33.4 Å². The highest BCUT2D eigenvalue weighted by Gasteiger charge is 2.16. The molecule has 0 aliphatic rings. The van der Waals surface area contributed by atoms with Crippen molar-refractivity contribution in [3.8, 4) is 11.3 Å². The molecular formula is C22H30N6O2. The van der Waals surface area contributed by atoms with E-state index in [-0.39, 0.29) is 6.04 Å². The number of benzene rings is 1. The highest BCUT2D eigenvalue weighted by Crippen LogP contribution is 2.30. The van der Waals surface area contributed by atoms with E-state index < -0.39 is 6.09 Å². The number of rotatable bonds is 8. The van der Waals surface area contributed by atoms with E-state index in [1.807, 2.05) is 43.8 Å². The number of nitrogens with two attached hydrogens (primary N) is 1. The number of pyridine rings is 1. The second-order valence-electron chi connectivity index (χ2n) is 7.55. The van der Waals surface area contributed by atoms with Crippen molar-refractivity contribution in [2.75, 3.05) is 32.1 Å². The van der Waals surface area contributed by atoms with E-state index in [9.17, 15) is 4.79 Å². The van der Waals surface area contributed by atoms with Crippen LogP contribution in [0.1, 0.15) is 32.4 Å². The van der Waals surface area contributed by atoms with Gasteiger partial charge in [0.25, 0.3) is 0 Å². The van der Waals surface area contributed by atoms with Crippen LogP contribution in [0, 0.1) is 0 Å². The number of anilines is 1. The van der Waals surface area contributed by atoms with E-state index in [4.69, 9.17) is 15.5 Å². The Hall–Kier alpha value is -2.97. The molecule has 0 aliphatic heterocycles. The van der Waals surface area contributed by atoms with Gasteiger partial charge in [-0.05, 0) is 45.5 Å². The fraction of sp³-hybridized carbons (Fsp3) is 0.409. The average Bonchev–Trinajstić information content (AvgIpc) is 3.13. The minimum atomic E-state index is -0.495. The number of carbonyl (C=O) groups is 1. The smallest absolute Gasteiger partial charge is 0.411 e. The van der Waals surface area contributed by atoms with Gasteiger partial charge in [-0.25, -0.2) is 14.5 Å². The number of fused-ring (bicyclic) bond motifs is 1. The summed E-state index contributed by atoms with van der Waals surface area (Å²) in [4.78, 5) is 19.1. The lowest BCUT2D eigenvalue weighted by atomic mass is 10.1. The summed E-state index contributed by atoms with van der Waals surface area (Å²) >= 11 is 0. The summed E-state index contributed by atoms with van der Waals surface area (Å²) < 4.78 is 6.92. The summed E-state index contributed by atoms with van der Waals surface area (Å²) in [5, 5.41) is 8.08. The minimum absolute atomic E-state index is 0.136. The molecular weight excluding hydrogens is 380 g/mol. The van der Waals surface area contributed by atoms with Crippen molar-refractivity contribution in [3.63, 3.8) is 0 Å². The van der Waals surface area contributed by atoms with E-state index in [0.29, 0.717) is 18.8 Å². The number of carbonyl (C=O) groups excluding carboxylic acids is 1. The lowest BCUT2D eigenvalue weighted by Crippen LogP contribution is -2.24. The van der Waals surface area contributed by atoms with Crippen molar-refractivity contribution in [1.29, 1.82) is 0 Å². The normalized spacial score (nSPS) is 11.4. The summed E-state index contributed by atoms with van der Waals surface area (Å²) in [5.41, 5.74) is 9.92. The molecule has 0 radical (unpaired) electrons. The number of amides is 1. The average molecular weight is 411 g/mol. The Balaban J connectivity index is 2.05. The van der Waals surface area contributed by atoms with Gasteiger partial charge in [-0.1, -0.05) is 18.2 Å². The van der Waals surface area contributed by atoms with Gasteiger partial charge in [0.15, 0.2) is 5.65 Å². The largest absolute Gasteiger partial charge is 0.450 e. The van der Waals surface area contributed by atoms with Crippen LogP contribution in [0.25, 0.3) is 22.3 Å². The van der Waals surface area contributed by atoms with Gasteiger partial charge in [0, 0.05) is 31.2 Å². The molecule has 0 bridgehead atoms. The fourth-order valence-electron chi connectivity index (χ4n) is 3.36. The van der Waals surface area contributed by atoms with Gasteiger partial charge in [0.1, 0.15) is 0 Å². The van der Waals surface area contributed by atoms with E-state index >= 15 is 0 Å². The molecule has 1 aromatic carbocycles. The zero-order chi connectivity index (χ0) is 21.7. The first kappa shape index (κ1) is 21.7. The maximum Gasteiger partial charge on any atom is 0.411 e. The second kappa shape index (κ2) is 9.69. The number of nitrogens with one attached hydrogen (secondary N) is 1. The van der Waals surface area contributed by atoms with Gasteiger partial charge >= 0.3 is 6.09 Å². The Morgan fingerprint density at radius 1 is 1.33 bits per heavy atom. The monoisotopic (exact) mass is 410 g/mol. The fourth-order valence-corrected chi connectivity index (χ4v) is 3.36. The Labute approximate surface area is 177 Å². The minimum Gasteiger partial charge on any atom is -0.450 e. The number of likely N-dealkylation sites (N-methyl/N-ethyl adjacent to an activating group) is 1. The molecule has 0 unspecified atom stereocenters. The molecule has 160 valence electrons. The van der Waals surface area contributed by atoms with Crippen molar-refractivity contribution in [3.05, 3.63) is 42.1 Å². The molecule has 3 N–H and O–H groups in total. The standard InChI is InChI=1S/C22H30N6O2/c1-5-30-22(29)26-20-12-19(25-21-18(20)13-24-28(21)15(2)3)17-8-6-7-16(11-17)14-27(4)10-9-23/h6-8,11-13,15H,5,9-10,14,23H2,1-4H3,(H,25,26,29). The second-order valence-corrected chi connectivity index (χ2v) is 7.55. The van der Waals surface area contributed by atoms with E-state index in [0.717, 1.165) is 35.4 Å². The molecule has 2 heterocycles. The van der Waals surface area contributed by atoms with Crippen LogP contribution in [0.15, 0.2) is 36.5 Å². The number of ether oxygens (including phenoxy) is 1. The first-order chi connectivity index (χ1) is 14.4. The van der Waals surface area contributed by atoms with Gasteiger partial charge < -0.3 is 15.4 Å². The Morgan fingerprint density at radius 2 is 2.13 bits per heavy atom. The summed E-state index contributed by atoms with van der Waals surface area (Å²) in [6.45, 7) is 8.42. The van der Waals surface area contributed by atoms with E-state index in [2.05, 4.69) is 27.4 Å². The molecule has 3 rings (SSSR count). The van der Waals surface area contributed by atoms with Gasteiger partial charge in [-0.3, -0.25) is 5.32 Å². The van der Waals surface area contributed by atoms with Crippen molar-refractivity contribution in [1.82, 2.24) is 19.7 Å². The number of hydrogen-bond acceptors (Lipinski definition) is 6. The molecule has 0 spiro atoms. The first-order valence-corrected chi connectivity index (χ1v) is 10.2. The highest BCUT2D eigenvalue weighted by molar-refractivity contribution is 5.99. The first-order valence-electron chi connectivity index (χ1n) is 10.2. The molecule has 8 heteroatoms. The molecule has 0 aliphatic carbocycles. The highest BCUT2D eigenvalue weighted by atomic mass is 16.5. The summed E-state index contributed by atoms with van der Waals surface area (Å²) in [6.07, 6.45) is 1.23. The van der Waals surface area contributed by atoms with E-state index in [1.54, 1.807) is 13.1 Å². The van der Waals surface area contributed by atoms with Gasteiger partial charge in [-0.15, -0.1) is 0 Å². The molecule has 0 atom stereocenters. The molecule has 8 nitrogen and oxygen atoms in total. The van der Waals surface area contributed by atoms with Crippen LogP contribution in [0.4, 0.5) is 10.5 Å². The lowest BCUT2D eigenvalue weighted by molar-refractivity contribution is 0.168. The third kappa shape index (κ3) is 4.95. The number of nitrogens with zero attached hydrogens (tertiary/aromatic N) is 4. The molecule has 3 aromatic rings. The van der Waals surface area contributed by atoms with Crippen LogP contribution in [-0.2, 0) is 11.3 Å². The molecule has 2 aromatic heterocycles. The molecule has 0 fully saturated rings. The topological polar surface area (TPSA) is 98.3 Å². The van der Waals surface area contributed by atoms with E-state index in [1.165, 1.54) is 5.56 Å². The van der Waals surface area contributed by atoms with Crippen molar-refractivity contribution < 1.29 is 9.53 Å². The molecule has 0 saturated heterocycles. The van der Waals surface area contributed by atoms with Crippen LogP contribution in [-0.4, -0.2) is 52.5 Å². The molecule has 30 heavy (non-hydrogen) atoms. The summed E-state index contributed by atoms with van der Waals surface area (Å²) in [5.74, 6) is 0. The zero-order valence-corrected chi connectivity index (χ0v) is 18.1. The van der Waals surface area contributed by atoms with Gasteiger partial charge in [0.05, 0.1) is 29.6 Å². The number of hydrogen-bond donors (Lipinski definition) is 2. The van der Waals surface area contributed by atoms with Crippen LogP contribution in [0.2, 0.25) is 0 Å². The van der Waals surface area contributed by atoms with Crippen LogP contribution in [0.3, 0.4) is 0 Å². The maximum atomic E-state index is 12.1. The number of aromatic nitrogens is 3. The van der Waals surface area contributed by atoms with Crippen LogP contribution in [0.5, 0.6) is 0 Å². The predicted octanol–water partition coefficient (Wildman–Crippen LogP) is 3.64. The maximum absolute atomic E-state index is 12.1. The van der Waals surface area contributed by atoms with Crippen molar-refractivity contribution in [2.24, 2.45) is 5.73 Å². The lowest BCUT2D eigenvalue weighted by Gasteiger charge is -2.16. The van der Waals surface area contributed by atoms with Crippen LogP contribution >= 0.6 is 0 Å². The quantitative estimate of drug-likeness (QED) is 0.588. The molecule has 0 saturated carbocycles. The Bertz CT molecular complexity index is 1010. The zero-order valence-electron chi connectivity index (χ0n) is 18.1. The Morgan fingerprint density at radius 3 is 2.83 bits per heavy atom. The molecule has 1 amide bonds. The van der Waals surface area contributed by atoms with Crippen LogP contribution < -0.4 is 11.1 Å².